The lowest BCUT2D eigenvalue weighted by Crippen LogP contribution is -2.39. The molecule has 0 saturated heterocycles. The molecule has 0 aliphatic carbocycles. The van der Waals surface area contributed by atoms with E-state index in [9.17, 15) is 9.59 Å². The van der Waals surface area contributed by atoms with E-state index in [1.807, 2.05) is 24.6 Å². The number of aryl methyl sites for hydroxylation is 1. The van der Waals surface area contributed by atoms with Crippen molar-refractivity contribution in [3.63, 3.8) is 0 Å². The number of thiophene rings is 1. The zero-order valence-corrected chi connectivity index (χ0v) is 15.8. The van der Waals surface area contributed by atoms with Crippen LogP contribution in [0, 0.1) is 6.92 Å². The molecule has 0 aliphatic rings. The van der Waals surface area contributed by atoms with Crippen LogP contribution in [0.4, 0.5) is 0 Å². The molecule has 0 saturated carbocycles. The second-order valence-corrected chi connectivity index (χ2v) is 7.70. The molecule has 2 aromatic rings. The number of nitrogens with zero attached hydrogens (tertiary/aromatic N) is 5. The molecule has 9 heteroatoms. The first-order chi connectivity index (χ1) is 10.8. The van der Waals surface area contributed by atoms with Crippen LogP contribution in [0.25, 0.3) is 0 Å². The van der Waals surface area contributed by atoms with Crippen LogP contribution in [-0.4, -0.2) is 57.0 Å². The van der Waals surface area contributed by atoms with Crippen LogP contribution in [0.1, 0.15) is 21.3 Å². The van der Waals surface area contributed by atoms with Crippen molar-refractivity contribution in [2.24, 2.45) is 7.05 Å². The molecule has 124 valence electrons. The van der Waals surface area contributed by atoms with Gasteiger partial charge in [-0.3, -0.25) is 9.59 Å². The van der Waals surface area contributed by atoms with Gasteiger partial charge < -0.3 is 14.4 Å². The normalized spacial score (nSPS) is 10.7. The van der Waals surface area contributed by atoms with Crippen molar-refractivity contribution in [2.75, 3.05) is 20.6 Å². The van der Waals surface area contributed by atoms with Crippen molar-refractivity contribution in [1.29, 1.82) is 0 Å². The van der Waals surface area contributed by atoms with Crippen molar-refractivity contribution in [3.05, 3.63) is 32.4 Å². The van der Waals surface area contributed by atoms with Gasteiger partial charge in [-0.15, -0.1) is 21.5 Å². The summed E-state index contributed by atoms with van der Waals surface area (Å²) in [5.41, 5.74) is 0. The topological polar surface area (TPSA) is 71.3 Å². The van der Waals surface area contributed by atoms with Gasteiger partial charge >= 0.3 is 0 Å². The Kier molecular flexibility index (Phi) is 5.53. The maximum absolute atomic E-state index is 12.3. The summed E-state index contributed by atoms with van der Waals surface area (Å²) in [4.78, 5) is 28.1. The van der Waals surface area contributed by atoms with Crippen molar-refractivity contribution >= 4 is 39.1 Å². The summed E-state index contributed by atoms with van der Waals surface area (Å²) >= 11 is 4.67. The van der Waals surface area contributed by atoms with E-state index in [-0.39, 0.29) is 18.4 Å². The molecule has 2 rings (SSSR count). The molecule has 7 nitrogen and oxygen atoms in total. The van der Waals surface area contributed by atoms with E-state index in [2.05, 4.69) is 26.1 Å². The lowest BCUT2D eigenvalue weighted by atomic mass is 10.4. The quantitative estimate of drug-likeness (QED) is 0.766. The molecule has 0 N–H and O–H groups in total. The van der Waals surface area contributed by atoms with E-state index < -0.39 is 0 Å². The number of amides is 2. The fraction of sp³-hybridized carbons (Fsp3) is 0.429. The lowest BCUT2D eigenvalue weighted by molar-refractivity contribution is -0.131. The summed E-state index contributed by atoms with van der Waals surface area (Å²) in [5, 5.41) is 8.00. The van der Waals surface area contributed by atoms with Gasteiger partial charge in [0.05, 0.1) is 21.8 Å². The molecule has 0 bridgehead atoms. The Hall–Kier alpha value is -1.74. The van der Waals surface area contributed by atoms with E-state index in [0.717, 1.165) is 9.61 Å². The smallest absolute Gasteiger partial charge is 0.264 e. The van der Waals surface area contributed by atoms with Gasteiger partial charge in [0.25, 0.3) is 5.91 Å². The highest BCUT2D eigenvalue weighted by molar-refractivity contribution is 9.11. The Labute approximate surface area is 147 Å². The van der Waals surface area contributed by atoms with Gasteiger partial charge in [0, 0.05) is 21.1 Å². The van der Waals surface area contributed by atoms with Crippen LogP contribution in [0.15, 0.2) is 15.9 Å². The SMILES string of the molecule is Cc1nnc(CN(C)C(=O)CN(C)C(=O)c2ccc(Br)s2)n1C. The first-order valence-corrected chi connectivity index (χ1v) is 8.50. The van der Waals surface area contributed by atoms with Crippen LogP contribution in [0.3, 0.4) is 0 Å². The molecule has 0 radical (unpaired) electrons. The molecule has 2 heterocycles. The summed E-state index contributed by atoms with van der Waals surface area (Å²) in [5.74, 6) is 1.17. The van der Waals surface area contributed by atoms with E-state index in [1.54, 1.807) is 20.2 Å². The molecule has 0 aliphatic heterocycles. The molecule has 0 fully saturated rings. The molecule has 0 spiro atoms. The van der Waals surface area contributed by atoms with Crippen LogP contribution in [0.2, 0.25) is 0 Å². The molecular formula is C14H18BrN5O2S. The summed E-state index contributed by atoms with van der Waals surface area (Å²) < 4.78 is 2.72. The minimum atomic E-state index is -0.169. The number of halogens is 1. The van der Waals surface area contributed by atoms with E-state index in [1.165, 1.54) is 21.1 Å². The Balaban J connectivity index is 1.95. The van der Waals surface area contributed by atoms with Crippen LogP contribution in [-0.2, 0) is 18.4 Å². The van der Waals surface area contributed by atoms with Crippen molar-refractivity contribution in [1.82, 2.24) is 24.6 Å². The van der Waals surface area contributed by atoms with Gasteiger partial charge in [-0.2, -0.15) is 0 Å². The highest BCUT2D eigenvalue weighted by atomic mass is 79.9. The standard InChI is InChI=1S/C14H18BrN5O2S/c1-9-16-17-12(20(9)4)7-18(2)13(21)8-19(3)14(22)10-5-6-11(15)23-10/h5-6H,7-8H2,1-4H3. The first-order valence-electron chi connectivity index (χ1n) is 6.89. The Morgan fingerprint density at radius 3 is 2.48 bits per heavy atom. The Bertz CT molecular complexity index is 727. The maximum atomic E-state index is 12.3. The maximum Gasteiger partial charge on any atom is 0.264 e. The fourth-order valence-electron chi connectivity index (χ4n) is 1.90. The van der Waals surface area contributed by atoms with Crippen LogP contribution >= 0.6 is 27.3 Å². The second kappa shape index (κ2) is 7.22. The van der Waals surface area contributed by atoms with Gasteiger partial charge in [0.1, 0.15) is 5.82 Å². The number of aromatic nitrogens is 3. The lowest BCUT2D eigenvalue weighted by Gasteiger charge is -2.21. The monoisotopic (exact) mass is 399 g/mol. The van der Waals surface area contributed by atoms with Gasteiger partial charge in [-0.05, 0) is 35.0 Å². The number of carbonyl (C=O) groups is 2. The Morgan fingerprint density at radius 2 is 1.96 bits per heavy atom. The van der Waals surface area contributed by atoms with E-state index >= 15 is 0 Å². The molecule has 2 aromatic heterocycles. The molecule has 0 atom stereocenters. The third kappa shape index (κ3) is 4.17. The first kappa shape index (κ1) is 17.6. The van der Waals surface area contributed by atoms with Crippen molar-refractivity contribution in [3.8, 4) is 0 Å². The molecule has 23 heavy (non-hydrogen) atoms. The van der Waals surface area contributed by atoms with Gasteiger partial charge in [-0.25, -0.2) is 0 Å². The zero-order chi connectivity index (χ0) is 17.1. The highest BCUT2D eigenvalue weighted by Gasteiger charge is 2.20. The Morgan fingerprint density at radius 1 is 1.26 bits per heavy atom. The third-order valence-corrected chi connectivity index (χ3v) is 5.10. The molecular weight excluding hydrogens is 382 g/mol. The zero-order valence-electron chi connectivity index (χ0n) is 13.4. The number of hydrogen-bond donors (Lipinski definition) is 0. The average Bonchev–Trinajstić information content (AvgIpc) is 3.07. The highest BCUT2D eigenvalue weighted by Crippen LogP contribution is 2.23. The second-order valence-electron chi connectivity index (χ2n) is 5.24. The van der Waals surface area contributed by atoms with Gasteiger partial charge in [-0.1, -0.05) is 0 Å². The van der Waals surface area contributed by atoms with Crippen molar-refractivity contribution < 1.29 is 9.59 Å². The summed E-state index contributed by atoms with van der Waals surface area (Å²) in [6.07, 6.45) is 0. The number of rotatable bonds is 5. The molecule has 0 aromatic carbocycles. The summed E-state index contributed by atoms with van der Waals surface area (Å²) in [6, 6.07) is 3.56. The minimum absolute atomic E-state index is 0.0156. The predicted octanol–water partition coefficient (Wildman–Crippen LogP) is 1.68. The van der Waals surface area contributed by atoms with Gasteiger partial charge in [0.15, 0.2) is 5.82 Å². The minimum Gasteiger partial charge on any atom is -0.337 e. The number of hydrogen-bond acceptors (Lipinski definition) is 5. The number of carbonyl (C=O) groups excluding carboxylic acids is 2. The molecule has 2 amide bonds. The van der Waals surface area contributed by atoms with E-state index in [0.29, 0.717) is 17.2 Å². The fourth-order valence-corrected chi connectivity index (χ4v) is 3.28. The van der Waals surface area contributed by atoms with Crippen LogP contribution in [0.5, 0.6) is 0 Å². The number of likely N-dealkylation sites (N-methyl/N-ethyl adjacent to an activating group) is 2. The largest absolute Gasteiger partial charge is 0.337 e. The summed E-state index contributed by atoms with van der Waals surface area (Å²) in [7, 11) is 5.16. The summed E-state index contributed by atoms with van der Waals surface area (Å²) in [6.45, 7) is 2.22. The average molecular weight is 400 g/mol. The van der Waals surface area contributed by atoms with Crippen molar-refractivity contribution in [2.45, 2.75) is 13.5 Å². The van der Waals surface area contributed by atoms with Crippen LogP contribution < -0.4 is 0 Å². The molecule has 0 unspecified atom stereocenters. The van der Waals surface area contributed by atoms with E-state index in [4.69, 9.17) is 0 Å². The van der Waals surface area contributed by atoms with Gasteiger partial charge in [0.2, 0.25) is 5.91 Å². The third-order valence-electron chi connectivity index (χ3n) is 3.49. The predicted molar refractivity (Wildman–Crippen MR) is 91.2 cm³/mol.